The molecule has 0 aliphatic carbocycles. The summed E-state index contributed by atoms with van der Waals surface area (Å²) in [5.74, 6) is 0.129. The predicted octanol–water partition coefficient (Wildman–Crippen LogP) is 1.39. The Hall–Kier alpha value is -3.57. The van der Waals surface area contributed by atoms with Crippen molar-refractivity contribution >= 4 is 29.4 Å². The molecule has 11 nitrogen and oxygen atoms in total. The largest absolute Gasteiger partial charge is 0.461 e. The fourth-order valence-corrected chi connectivity index (χ4v) is 3.75. The Morgan fingerprint density at radius 3 is 2.83 bits per heavy atom. The number of fused-ring (bicyclic) bond motifs is 1. The number of carbonyl (C=O) groups excluding carboxylic acids is 2. The van der Waals surface area contributed by atoms with Gasteiger partial charge in [-0.3, -0.25) is 14.5 Å². The summed E-state index contributed by atoms with van der Waals surface area (Å²) in [6.07, 6.45) is 5.45. The molecule has 188 valence electrons. The van der Waals surface area contributed by atoms with Crippen LogP contribution in [0.3, 0.4) is 0 Å². The molecule has 0 radical (unpaired) electrons. The molecule has 3 N–H and O–H groups in total. The van der Waals surface area contributed by atoms with Gasteiger partial charge in [0.15, 0.2) is 11.5 Å². The molecule has 0 saturated heterocycles. The van der Waals surface area contributed by atoms with Gasteiger partial charge in [0.25, 0.3) is 0 Å². The number of benzene rings is 1. The number of anilines is 1. The SMILES string of the molecule is CO[C@@H](CCn1cnc2c(N)ncnc21)CN(CCCC(=O)OCc1ccccc1)CCNC=O. The third-order valence-corrected chi connectivity index (χ3v) is 5.67. The van der Waals surface area contributed by atoms with Crippen LogP contribution in [-0.2, 0) is 32.2 Å². The smallest absolute Gasteiger partial charge is 0.306 e. The highest BCUT2D eigenvalue weighted by Crippen LogP contribution is 2.15. The fraction of sp³-hybridized carbons (Fsp3) is 0.458. The molecule has 1 aromatic carbocycles. The van der Waals surface area contributed by atoms with Crippen molar-refractivity contribution in [2.24, 2.45) is 0 Å². The number of aromatic nitrogens is 4. The first-order valence-corrected chi connectivity index (χ1v) is 11.6. The average Bonchev–Trinajstić information content (AvgIpc) is 3.30. The highest BCUT2D eigenvalue weighted by molar-refractivity contribution is 5.81. The Kier molecular flexibility index (Phi) is 10.4. The van der Waals surface area contributed by atoms with E-state index in [-0.39, 0.29) is 18.7 Å². The lowest BCUT2D eigenvalue weighted by Crippen LogP contribution is -2.39. The van der Waals surface area contributed by atoms with Crippen molar-refractivity contribution < 1.29 is 19.1 Å². The van der Waals surface area contributed by atoms with Gasteiger partial charge in [0, 0.05) is 39.7 Å². The standard InChI is InChI=1S/C24H33N7O4/c1-34-20(9-12-31-17-29-22-23(25)27-16-28-24(22)31)14-30(13-10-26-18-32)11-5-8-21(33)35-15-19-6-3-2-4-7-19/h2-4,6-7,16-18,20H,5,8-15H2,1H3,(H,26,32)(H2,25,27,28)/t20-/m0/s1. The number of hydrogen-bond donors (Lipinski definition) is 2. The van der Waals surface area contributed by atoms with Gasteiger partial charge >= 0.3 is 5.97 Å². The maximum atomic E-state index is 12.1. The van der Waals surface area contributed by atoms with Crippen LogP contribution in [0.2, 0.25) is 0 Å². The van der Waals surface area contributed by atoms with Crippen LogP contribution in [0.1, 0.15) is 24.8 Å². The molecular weight excluding hydrogens is 450 g/mol. The molecule has 0 unspecified atom stereocenters. The molecular formula is C24H33N7O4. The summed E-state index contributed by atoms with van der Waals surface area (Å²) < 4.78 is 13.0. The lowest BCUT2D eigenvalue weighted by Gasteiger charge is -2.27. The molecule has 2 aromatic heterocycles. The molecule has 11 heteroatoms. The molecule has 1 amide bonds. The quantitative estimate of drug-likeness (QED) is 0.176. The van der Waals surface area contributed by atoms with Crippen molar-refractivity contribution in [3.8, 4) is 0 Å². The Bertz CT molecular complexity index is 1060. The van der Waals surface area contributed by atoms with Gasteiger partial charge < -0.3 is 25.1 Å². The van der Waals surface area contributed by atoms with Gasteiger partial charge in [-0.2, -0.15) is 0 Å². The lowest BCUT2D eigenvalue weighted by molar-refractivity contribution is -0.145. The number of amides is 1. The minimum Gasteiger partial charge on any atom is -0.461 e. The summed E-state index contributed by atoms with van der Waals surface area (Å²) in [7, 11) is 1.68. The van der Waals surface area contributed by atoms with Crippen LogP contribution in [0.4, 0.5) is 5.82 Å². The van der Waals surface area contributed by atoms with E-state index in [1.165, 1.54) is 6.33 Å². The fourth-order valence-electron chi connectivity index (χ4n) is 3.75. The van der Waals surface area contributed by atoms with Crippen LogP contribution < -0.4 is 11.1 Å². The van der Waals surface area contributed by atoms with E-state index >= 15 is 0 Å². The molecule has 35 heavy (non-hydrogen) atoms. The van der Waals surface area contributed by atoms with Gasteiger partial charge in [-0.05, 0) is 24.9 Å². The van der Waals surface area contributed by atoms with E-state index in [0.717, 1.165) is 12.0 Å². The lowest BCUT2D eigenvalue weighted by atomic mass is 10.2. The average molecular weight is 484 g/mol. The Balaban J connectivity index is 1.47. The van der Waals surface area contributed by atoms with E-state index in [9.17, 15) is 9.59 Å². The van der Waals surface area contributed by atoms with E-state index < -0.39 is 0 Å². The number of ether oxygens (including phenoxy) is 2. The van der Waals surface area contributed by atoms with Crippen molar-refractivity contribution in [3.05, 3.63) is 48.5 Å². The van der Waals surface area contributed by atoms with Crippen molar-refractivity contribution in [3.63, 3.8) is 0 Å². The molecule has 1 atom stereocenters. The van der Waals surface area contributed by atoms with E-state index in [4.69, 9.17) is 15.2 Å². The van der Waals surface area contributed by atoms with Crippen molar-refractivity contribution in [2.45, 2.75) is 38.5 Å². The number of methoxy groups -OCH3 is 1. The van der Waals surface area contributed by atoms with Crippen molar-refractivity contribution in [1.82, 2.24) is 29.7 Å². The third-order valence-electron chi connectivity index (χ3n) is 5.67. The molecule has 3 aromatic rings. The number of nitrogens with one attached hydrogen (secondary N) is 1. The number of carbonyl (C=O) groups is 2. The van der Waals surface area contributed by atoms with E-state index in [1.54, 1.807) is 13.4 Å². The Labute approximate surface area is 204 Å². The van der Waals surface area contributed by atoms with Gasteiger partial charge in [-0.15, -0.1) is 0 Å². The van der Waals surface area contributed by atoms with Crippen molar-refractivity contribution in [1.29, 1.82) is 0 Å². The molecule has 0 saturated carbocycles. The second-order valence-electron chi connectivity index (χ2n) is 8.14. The minimum atomic E-state index is -0.226. The first-order chi connectivity index (χ1) is 17.1. The van der Waals surface area contributed by atoms with Crippen LogP contribution in [-0.4, -0.2) is 76.2 Å². The zero-order valence-electron chi connectivity index (χ0n) is 20.0. The molecule has 0 aliphatic rings. The summed E-state index contributed by atoms with van der Waals surface area (Å²) in [5, 5.41) is 2.69. The van der Waals surface area contributed by atoms with Crippen LogP contribution in [0, 0.1) is 0 Å². The zero-order valence-corrected chi connectivity index (χ0v) is 20.0. The van der Waals surface area contributed by atoms with Gasteiger partial charge in [-0.1, -0.05) is 30.3 Å². The highest BCUT2D eigenvalue weighted by atomic mass is 16.5. The Morgan fingerprint density at radius 1 is 1.23 bits per heavy atom. The van der Waals surface area contributed by atoms with Gasteiger partial charge in [0.2, 0.25) is 6.41 Å². The summed E-state index contributed by atoms with van der Waals surface area (Å²) in [6, 6.07) is 9.61. The van der Waals surface area contributed by atoms with Gasteiger partial charge in [-0.25, -0.2) is 15.0 Å². The molecule has 0 aliphatic heterocycles. The first-order valence-electron chi connectivity index (χ1n) is 11.6. The summed E-state index contributed by atoms with van der Waals surface area (Å²) >= 11 is 0. The second kappa shape index (κ2) is 14.0. The van der Waals surface area contributed by atoms with Crippen LogP contribution in [0.15, 0.2) is 43.0 Å². The summed E-state index contributed by atoms with van der Waals surface area (Å²) in [4.78, 5) is 37.6. The molecule has 0 fully saturated rings. The van der Waals surface area contributed by atoms with Gasteiger partial charge in [0.1, 0.15) is 18.5 Å². The highest BCUT2D eigenvalue weighted by Gasteiger charge is 2.16. The summed E-state index contributed by atoms with van der Waals surface area (Å²) in [5.41, 5.74) is 8.11. The topological polar surface area (TPSA) is 137 Å². The number of hydrogen-bond acceptors (Lipinski definition) is 9. The number of rotatable bonds is 16. The number of esters is 1. The van der Waals surface area contributed by atoms with E-state index in [2.05, 4.69) is 25.2 Å². The summed E-state index contributed by atoms with van der Waals surface area (Å²) in [6.45, 7) is 3.42. The number of aryl methyl sites for hydroxylation is 1. The van der Waals surface area contributed by atoms with Crippen LogP contribution >= 0.6 is 0 Å². The second-order valence-corrected chi connectivity index (χ2v) is 8.14. The minimum absolute atomic E-state index is 0.0621. The third kappa shape index (κ3) is 8.30. The normalized spacial score (nSPS) is 12.1. The predicted molar refractivity (Wildman–Crippen MR) is 131 cm³/mol. The number of nitrogen functional groups attached to an aromatic ring is 1. The van der Waals surface area contributed by atoms with Crippen LogP contribution in [0.25, 0.3) is 11.2 Å². The van der Waals surface area contributed by atoms with E-state index in [0.29, 0.717) is 69.0 Å². The number of imidazole rings is 1. The Morgan fingerprint density at radius 2 is 2.06 bits per heavy atom. The monoisotopic (exact) mass is 483 g/mol. The maximum Gasteiger partial charge on any atom is 0.306 e. The molecule has 3 rings (SSSR count). The molecule has 2 heterocycles. The van der Waals surface area contributed by atoms with Gasteiger partial charge in [0.05, 0.1) is 12.4 Å². The number of nitrogens with two attached hydrogens (primary N) is 1. The molecule has 0 bridgehead atoms. The van der Waals surface area contributed by atoms with Crippen LogP contribution in [0.5, 0.6) is 0 Å². The maximum absolute atomic E-state index is 12.1. The van der Waals surface area contributed by atoms with Crippen molar-refractivity contribution in [2.75, 3.05) is 39.0 Å². The molecule has 0 spiro atoms. The zero-order chi connectivity index (χ0) is 24.9. The first kappa shape index (κ1) is 26.0. The number of nitrogens with zero attached hydrogens (tertiary/aromatic N) is 5. The van der Waals surface area contributed by atoms with E-state index in [1.807, 2.05) is 34.9 Å².